The van der Waals surface area contributed by atoms with Crippen molar-refractivity contribution in [2.45, 2.75) is 13.3 Å². The van der Waals surface area contributed by atoms with Crippen LogP contribution in [0.15, 0.2) is 44.8 Å². The van der Waals surface area contributed by atoms with Gasteiger partial charge in [-0.15, -0.1) is 11.8 Å². The summed E-state index contributed by atoms with van der Waals surface area (Å²) >= 11 is 1.01. The third-order valence-corrected chi connectivity index (χ3v) is 5.56. The van der Waals surface area contributed by atoms with Gasteiger partial charge in [0.25, 0.3) is 0 Å². The van der Waals surface area contributed by atoms with E-state index in [2.05, 4.69) is 20.1 Å². The van der Waals surface area contributed by atoms with Crippen molar-refractivity contribution in [1.29, 1.82) is 0 Å². The van der Waals surface area contributed by atoms with Gasteiger partial charge in [0.05, 0.1) is 26.0 Å². The lowest BCUT2D eigenvalue weighted by molar-refractivity contribution is 0.206. The van der Waals surface area contributed by atoms with E-state index in [0.29, 0.717) is 36.0 Å². The lowest BCUT2D eigenvalue weighted by Crippen LogP contribution is -2.17. The largest absolute Gasteiger partial charge is 0.493 e. The Bertz CT molecular complexity index is 1310. The number of benzene rings is 2. The molecule has 12 heteroatoms. The summed E-state index contributed by atoms with van der Waals surface area (Å²) in [6.45, 7) is 2.27. The number of halogens is 1. The molecular formula is C23H21FN4O6S. The molecule has 0 bridgehead atoms. The SMILES string of the molecule is COc1cc(C(=Nc2ccc(-c3noc(C)n3)cc2)C(=NC(=O)O)SC)c(F)c2c1OCCCO2. The first-order valence-electron chi connectivity index (χ1n) is 10.4. The molecule has 0 saturated heterocycles. The summed E-state index contributed by atoms with van der Waals surface area (Å²) in [4.78, 5) is 23.8. The number of aromatic nitrogens is 2. The zero-order valence-corrected chi connectivity index (χ0v) is 19.9. The highest BCUT2D eigenvalue weighted by Crippen LogP contribution is 2.43. The minimum absolute atomic E-state index is 0.00509. The van der Waals surface area contributed by atoms with Crippen LogP contribution in [0, 0.1) is 12.7 Å². The fourth-order valence-electron chi connectivity index (χ4n) is 3.33. The van der Waals surface area contributed by atoms with E-state index < -0.39 is 11.9 Å². The van der Waals surface area contributed by atoms with Crippen molar-refractivity contribution in [3.05, 3.63) is 47.6 Å². The number of ether oxygens (including phenoxy) is 3. The van der Waals surface area contributed by atoms with Crippen LogP contribution in [0.2, 0.25) is 0 Å². The number of methoxy groups -OCH3 is 1. The van der Waals surface area contributed by atoms with Gasteiger partial charge in [0, 0.05) is 24.5 Å². The Hall–Kier alpha value is -3.93. The van der Waals surface area contributed by atoms with Gasteiger partial charge < -0.3 is 23.8 Å². The fourth-order valence-corrected chi connectivity index (χ4v) is 3.85. The van der Waals surface area contributed by atoms with Crippen molar-refractivity contribution in [3.63, 3.8) is 0 Å². The van der Waals surface area contributed by atoms with Crippen molar-refractivity contribution in [3.8, 4) is 28.6 Å². The summed E-state index contributed by atoms with van der Waals surface area (Å²) in [5, 5.41) is 13.2. The van der Waals surface area contributed by atoms with Gasteiger partial charge in [-0.2, -0.15) is 9.98 Å². The number of amides is 1. The van der Waals surface area contributed by atoms with Crippen LogP contribution in [0.4, 0.5) is 14.9 Å². The molecular weight excluding hydrogens is 479 g/mol. The second-order valence-electron chi connectivity index (χ2n) is 7.20. The zero-order valence-electron chi connectivity index (χ0n) is 19.1. The first-order chi connectivity index (χ1) is 16.9. The number of fused-ring (bicyclic) bond motifs is 1. The third-order valence-electron chi connectivity index (χ3n) is 4.88. The van der Waals surface area contributed by atoms with E-state index in [9.17, 15) is 9.90 Å². The lowest BCUT2D eigenvalue weighted by Gasteiger charge is -2.17. The molecule has 2 heterocycles. The first-order valence-corrected chi connectivity index (χ1v) is 11.7. The van der Waals surface area contributed by atoms with E-state index in [4.69, 9.17) is 18.7 Å². The van der Waals surface area contributed by atoms with Gasteiger partial charge in [-0.3, -0.25) is 0 Å². The smallest absolute Gasteiger partial charge is 0.432 e. The van der Waals surface area contributed by atoms with Crippen LogP contribution in [0.3, 0.4) is 0 Å². The highest BCUT2D eigenvalue weighted by molar-refractivity contribution is 8.15. The number of aryl methyl sites for hydroxylation is 1. The molecule has 1 aliphatic rings. The summed E-state index contributed by atoms with van der Waals surface area (Å²) in [6.07, 6.45) is 0.750. The molecule has 10 nitrogen and oxygen atoms in total. The summed E-state index contributed by atoms with van der Waals surface area (Å²) in [7, 11) is 1.42. The van der Waals surface area contributed by atoms with E-state index in [1.807, 2.05) is 0 Å². The molecule has 1 aliphatic heterocycles. The molecule has 0 spiro atoms. The molecule has 0 atom stereocenters. The normalized spacial score (nSPS) is 13.9. The van der Waals surface area contributed by atoms with E-state index in [-0.39, 0.29) is 40.2 Å². The highest BCUT2D eigenvalue weighted by Gasteiger charge is 2.28. The Morgan fingerprint density at radius 2 is 1.91 bits per heavy atom. The maximum absolute atomic E-state index is 15.7. The van der Waals surface area contributed by atoms with E-state index in [1.54, 1.807) is 37.4 Å². The van der Waals surface area contributed by atoms with Crippen molar-refractivity contribution in [2.75, 3.05) is 26.6 Å². The number of aliphatic imine (C=N–C) groups is 2. The molecule has 4 rings (SSSR count). The van der Waals surface area contributed by atoms with Gasteiger partial charge in [-0.1, -0.05) is 5.16 Å². The van der Waals surface area contributed by atoms with Gasteiger partial charge in [0.15, 0.2) is 11.6 Å². The molecule has 1 N–H and O–H groups in total. The Kier molecular flexibility index (Phi) is 7.30. The van der Waals surface area contributed by atoms with Crippen LogP contribution in [0.1, 0.15) is 17.9 Å². The van der Waals surface area contributed by atoms with Gasteiger partial charge in [0.1, 0.15) is 10.8 Å². The second-order valence-corrected chi connectivity index (χ2v) is 7.99. The summed E-state index contributed by atoms with van der Waals surface area (Å²) in [5.74, 6) is 0.332. The summed E-state index contributed by atoms with van der Waals surface area (Å²) in [6, 6.07) is 8.17. The number of hydrogen-bond acceptors (Lipinski definition) is 9. The maximum atomic E-state index is 15.7. The molecule has 1 amide bonds. The molecule has 3 aromatic rings. The van der Waals surface area contributed by atoms with Crippen LogP contribution < -0.4 is 14.2 Å². The molecule has 0 fully saturated rings. The number of rotatable bonds is 5. The number of thioether (sulfide) groups is 1. The van der Waals surface area contributed by atoms with Gasteiger partial charge >= 0.3 is 6.09 Å². The molecule has 182 valence electrons. The predicted octanol–water partition coefficient (Wildman–Crippen LogP) is 4.91. The van der Waals surface area contributed by atoms with Crippen LogP contribution in [-0.4, -0.2) is 58.7 Å². The molecule has 0 radical (unpaired) electrons. The predicted molar refractivity (Wildman–Crippen MR) is 128 cm³/mol. The summed E-state index contributed by atoms with van der Waals surface area (Å²) < 4.78 is 37.4. The molecule has 0 saturated carbocycles. The van der Waals surface area contributed by atoms with E-state index in [1.165, 1.54) is 13.2 Å². The van der Waals surface area contributed by atoms with E-state index >= 15 is 4.39 Å². The minimum atomic E-state index is -1.44. The number of carboxylic acid groups (broad SMARTS) is 1. The van der Waals surface area contributed by atoms with Crippen LogP contribution in [0.5, 0.6) is 17.2 Å². The van der Waals surface area contributed by atoms with Crippen molar-refractivity contribution in [1.82, 2.24) is 10.1 Å². The van der Waals surface area contributed by atoms with Gasteiger partial charge in [0.2, 0.25) is 23.2 Å². The monoisotopic (exact) mass is 500 g/mol. The molecule has 1 aromatic heterocycles. The van der Waals surface area contributed by atoms with Gasteiger partial charge in [-0.25, -0.2) is 14.2 Å². The van der Waals surface area contributed by atoms with Crippen LogP contribution in [-0.2, 0) is 0 Å². The quantitative estimate of drug-likeness (QED) is 0.383. The second kappa shape index (κ2) is 10.6. The van der Waals surface area contributed by atoms with Crippen molar-refractivity contribution < 1.29 is 33.0 Å². The fraction of sp³-hybridized carbons (Fsp3) is 0.261. The van der Waals surface area contributed by atoms with Gasteiger partial charge in [-0.05, 0) is 36.6 Å². The summed E-state index contributed by atoms with van der Waals surface area (Å²) in [5.41, 5.74) is 1.06. The third kappa shape index (κ3) is 5.27. The number of carbonyl (C=O) groups is 1. The Morgan fingerprint density at radius 1 is 1.20 bits per heavy atom. The average Bonchev–Trinajstić information content (AvgIpc) is 3.13. The Morgan fingerprint density at radius 3 is 2.51 bits per heavy atom. The lowest BCUT2D eigenvalue weighted by atomic mass is 10.1. The topological polar surface area (TPSA) is 129 Å². The zero-order chi connectivity index (χ0) is 24.9. The maximum Gasteiger partial charge on any atom is 0.432 e. The number of nitrogens with zero attached hydrogens (tertiary/aromatic N) is 4. The molecule has 2 aromatic carbocycles. The number of hydrogen-bond donors (Lipinski definition) is 1. The Labute approximate surface area is 203 Å². The highest BCUT2D eigenvalue weighted by atomic mass is 32.2. The standard InChI is InChI=1S/C23H21FN4O6S/c1-12-25-21(28-34-12)13-5-7-14(8-6-13)26-18(22(35-3)27-23(29)30)15-11-16(31-2)19-20(17(15)24)33-10-4-9-32-19/h5-8,11H,4,9-10H2,1-3H3,(H,29,30). The first kappa shape index (κ1) is 24.2. The molecule has 0 unspecified atom stereocenters. The minimum Gasteiger partial charge on any atom is -0.493 e. The van der Waals surface area contributed by atoms with Crippen molar-refractivity contribution >= 4 is 34.3 Å². The Balaban J connectivity index is 1.86. The average molecular weight is 501 g/mol. The van der Waals surface area contributed by atoms with E-state index in [0.717, 1.165) is 11.8 Å². The van der Waals surface area contributed by atoms with Crippen molar-refractivity contribution in [2.24, 2.45) is 9.98 Å². The molecule has 35 heavy (non-hydrogen) atoms. The molecule has 0 aliphatic carbocycles. The van der Waals surface area contributed by atoms with Crippen LogP contribution in [0.25, 0.3) is 11.4 Å². The van der Waals surface area contributed by atoms with Crippen LogP contribution >= 0.6 is 11.8 Å².